The number of halogens is 1. The topological polar surface area (TPSA) is 92.3 Å². The number of nitrogens with two attached hydrogens (primary N) is 1. The highest BCUT2D eigenvalue weighted by molar-refractivity contribution is 6.32. The molecule has 0 unspecified atom stereocenters. The Morgan fingerprint density at radius 2 is 2.04 bits per heavy atom. The Hall–Kier alpha value is -3.32. The molecule has 136 valence electrons. The summed E-state index contributed by atoms with van der Waals surface area (Å²) in [4.78, 5) is 10.3. The number of carbonyl (C=O) groups excluding carboxylic acids is 1. The number of allylic oxidation sites excluding steroid dienone is 3. The van der Waals surface area contributed by atoms with Crippen LogP contribution < -0.4 is 16.0 Å². The molecule has 8 heteroatoms. The van der Waals surface area contributed by atoms with Crippen LogP contribution >= 0.6 is 11.6 Å². The summed E-state index contributed by atoms with van der Waals surface area (Å²) in [5, 5.41) is 8.94. The molecule has 0 aromatic heterocycles. The summed E-state index contributed by atoms with van der Waals surface area (Å²) >= 11 is 6.17. The molecule has 26 heavy (non-hydrogen) atoms. The van der Waals surface area contributed by atoms with Crippen LogP contribution in [0.15, 0.2) is 78.3 Å². The lowest BCUT2D eigenvalue weighted by atomic mass is 10.1. The van der Waals surface area contributed by atoms with Crippen molar-refractivity contribution in [2.75, 3.05) is 7.11 Å². The molecule has 1 heterocycles. The van der Waals surface area contributed by atoms with Gasteiger partial charge < -0.3 is 15.4 Å². The van der Waals surface area contributed by atoms with Gasteiger partial charge in [0, 0.05) is 18.0 Å². The van der Waals surface area contributed by atoms with Crippen molar-refractivity contribution in [2.24, 2.45) is 15.9 Å². The number of amidine groups is 1. The van der Waals surface area contributed by atoms with E-state index in [0.717, 1.165) is 5.56 Å². The lowest BCUT2D eigenvalue weighted by molar-refractivity contribution is -0.106. The van der Waals surface area contributed by atoms with E-state index >= 15 is 0 Å². The molecule has 1 amide bonds. The highest BCUT2D eigenvalue weighted by Gasteiger charge is 2.06. The van der Waals surface area contributed by atoms with Gasteiger partial charge in [-0.15, -0.1) is 5.10 Å². The fourth-order valence-corrected chi connectivity index (χ4v) is 2.14. The first-order valence-electron chi connectivity index (χ1n) is 7.39. The predicted molar refractivity (Wildman–Crippen MR) is 106 cm³/mol. The maximum Gasteiger partial charge on any atom is 0.204 e. The molecule has 0 atom stereocenters. The average molecular weight is 374 g/mol. The second-order valence-electron chi connectivity index (χ2n) is 4.55. The minimum absolute atomic E-state index is 0.250. The molecule has 0 fully saturated rings. The summed E-state index contributed by atoms with van der Waals surface area (Å²) in [6, 6.07) is 5.45. The normalized spacial score (nSPS) is 19.7. The highest BCUT2D eigenvalue weighted by atomic mass is 35.5. The summed E-state index contributed by atoms with van der Waals surface area (Å²) in [5.74, 6) is 1.18. The number of methoxy groups -OCH3 is 1. The van der Waals surface area contributed by atoms with Crippen LogP contribution in [0.2, 0.25) is 5.02 Å². The van der Waals surface area contributed by atoms with Crippen molar-refractivity contribution in [1.82, 2.24) is 10.4 Å². The van der Waals surface area contributed by atoms with Gasteiger partial charge in [0.25, 0.3) is 0 Å². The summed E-state index contributed by atoms with van der Waals surface area (Å²) in [5.41, 5.74) is 8.36. The van der Waals surface area contributed by atoms with Gasteiger partial charge in [-0.25, -0.2) is 0 Å². The number of hydrogen-bond acceptors (Lipinski definition) is 6. The molecular formula is C18H20ClN5O2. The zero-order valence-electron chi connectivity index (χ0n) is 14.3. The molecule has 3 N–H and O–H groups in total. The Labute approximate surface area is 157 Å². The SMILES string of the molecule is C=C/C1=N/N\N=C(c2ccc(OC)c(Cl)c2)/C=C/C=C\N1C=C.NC=O. The standard InChI is InChI=1S/C17H17ClN4O.CH3NO/c1-4-17-20-21-19-15(8-6-7-11-22(17)5-2)13-9-10-16(23-3)14(18)12-13;2-1-3/h4-12,21H,1-2H2,3H3;1H,(H2,2,3)/b8-6+,11-7-,19-15+,20-17-;. The Morgan fingerprint density at radius 1 is 1.31 bits per heavy atom. The van der Waals surface area contributed by atoms with E-state index in [2.05, 4.69) is 34.6 Å². The highest BCUT2D eigenvalue weighted by Crippen LogP contribution is 2.25. The van der Waals surface area contributed by atoms with Gasteiger partial charge in [-0.05, 0) is 36.4 Å². The summed E-state index contributed by atoms with van der Waals surface area (Å²) in [6.45, 7) is 7.45. The average Bonchev–Trinajstić information content (AvgIpc) is 2.65. The maximum absolute atomic E-state index is 8.58. The van der Waals surface area contributed by atoms with E-state index in [1.165, 1.54) is 0 Å². The minimum Gasteiger partial charge on any atom is -0.495 e. The molecule has 0 saturated heterocycles. The van der Waals surface area contributed by atoms with Gasteiger partial charge in [0.05, 0.1) is 17.8 Å². The lowest BCUT2D eigenvalue weighted by Gasteiger charge is -2.14. The van der Waals surface area contributed by atoms with Crippen molar-refractivity contribution in [3.8, 4) is 5.75 Å². The van der Waals surface area contributed by atoms with Gasteiger partial charge in [0.1, 0.15) is 5.75 Å². The van der Waals surface area contributed by atoms with Crippen LogP contribution in [0.1, 0.15) is 5.56 Å². The number of benzene rings is 1. The smallest absolute Gasteiger partial charge is 0.204 e. The number of nitrogens with zero attached hydrogens (tertiary/aromatic N) is 3. The van der Waals surface area contributed by atoms with Crippen LogP contribution in [0, 0.1) is 0 Å². The number of nitrogens with one attached hydrogen (secondary N) is 1. The molecule has 0 bridgehead atoms. The van der Waals surface area contributed by atoms with Gasteiger partial charge in [-0.1, -0.05) is 30.8 Å². The van der Waals surface area contributed by atoms with E-state index in [-0.39, 0.29) is 6.41 Å². The fourth-order valence-electron chi connectivity index (χ4n) is 1.88. The number of ether oxygens (including phenoxy) is 1. The maximum atomic E-state index is 8.58. The van der Waals surface area contributed by atoms with Gasteiger partial charge >= 0.3 is 0 Å². The number of amides is 1. The second-order valence-corrected chi connectivity index (χ2v) is 4.95. The van der Waals surface area contributed by atoms with Gasteiger partial charge in [-0.3, -0.25) is 4.79 Å². The van der Waals surface area contributed by atoms with Gasteiger partial charge in [0.2, 0.25) is 6.41 Å². The van der Waals surface area contributed by atoms with Crippen molar-refractivity contribution in [1.29, 1.82) is 0 Å². The fraction of sp³-hybridized carbons (Fsp3) is 0.0556. The van der Waals surface area contributed by atoms with Crippen LogP contribution in [0.3, 0.4) is 0 Å². The third kappa shape index (κ3) is 5.95. The Kier molecular flexibility index (Phi) is 8.98. The van der Waals surface area contributed by atoms with E-state index in [4.69, 9.17) is 21.1 Å². The third-order valence-electron chi connectivity index (χ3n) is 3.04. The molecule has 0 spiro atoms. The van der Waals surface area contributed by atoms with E-state index in [1.54, 1.807) is 36.4 Å². The zero-order valence-corrected chi connectivity index (χ0v) is 15.1. The predicted octanol–water partition coefficient (Wildman–Crippen LogP) is 2.77. The third-order valence-corrected chi connectivity index (χ3v) is 3.33. The summed E-state index contributed by atoms with van der Waals surface area (Å²) < 4.78 is 5.16. The Balaban J connectivity index is 0.00000105. The van der Waals surface area contributed by atoms with Crippen molar-refractivity contribution in [3.63, 3.8) is 0 Å². The quantitative estimate of drug-likeness (QED) is 0.794. The van der Waals surface area contributed by atoms with E-state index in [1.807, 2.05) is 30.5 Å². The number of primary amides is 1. The molecule has 2 rings (SSSR count). The number of hydrogen-bond donors (Lipinski definition) is 2. The number of hydrazone groups is 2. The van der Waals surface area contributed by atoms with Gasteiger partial charge in [-0.2, -0.15) is 10.6 Å². The number of carbonyl (C=O) groups is 1. The van der Waals surface area contributed by atoms with Gasteiger partial charge in [0.15, 0.2) is 5.84 Å². The summed E-state index contributed by atoms with van der Waals surface area (Å²) in [7, 11) is 1.57. The summed E-state index contributed by atoms with van der Waals surface area (Å²) in [6.07, 6.45) is 10.9. The van der Waals surface area contributed by atoms with E-state index < -0.39 is 0 Å². The van der Waals surface area contributed by atoms with Crippen LogP contribution in [0.25, 0.3) is 0 Å². The second kappa shape index (κ2) is 11.3. The van der Waals surface area contributed by atoms with Crippen molar-refractivity contribution >= 4 is 29.6 Å². The first kappa shape index (κ1) is 20.7. The molecule has 1 aliphatic rings. The molecular weight excluding hydrogens is 354 g/mol. The lowest BCUT2D eigenvalue weighted by Crippen LogP contribution is -2.20. The van der Waals surface area contributed by atoms with Crippen LogP contribution in [-0.2, 0) is 4.79 Å². The molecule has 1 aliphatic heterocycles. The largest absolute Gasteiger partial charge is 0.495 e. The van der Waals surface area contributed by atoms with Crippen molar-refractivity contribution in [2.45, 2.75) is 0 Å². The Morgan fingerprint density at radius 3 is 2.62 bits per heavy atom. The van der Waals surface area contributed by atoms with Crippen LogP contribution in [-0.4, -0.2) is 30.0 Å². The van der Waals surface area contributed by atoms with E-state index in [0.29, 0.717) is 22.3 Å². The van der Waals surface area contributed by atoms with Crippen LogP contribution in [0.5, 0.6) is 5.75 Å². The number of rotatable bonds is 4. The molecule has 1 aromatic carbocycles. The first-order valence-corrected chi connectivity index (χ1v) is 7.76. The molecule has 1 aromatic rings. The minimum atomic E-state index is 0.250. The Bertz CT molecular complexity index is 769. The molecule has 7 nitrogen and oxygen atoms in total. The molecule has 0 aliphatic carbocycles. The van der Waals surface area contributed by atoms with Crippen LogP contribution in [0.4, 0.5) is 0 Å². The van der Waals surface area contributed by atoms with Crippen molar-refractivity contribution < 1.29 is 9.53 Å². The molecule has 0 saturated carbocycles. The van der Waals surface area contributed by atoms with Crippen molar-refractivity contribution in [3.05, 3.63) is 78.6 Å². The van der Waals surface area contributed by atoms with E-state index in [9.17, 15) is 0 Å². The first-order chi connectivity index (χ1) is 12.6. The molecule has 0 radical (unpaired) electrons. The monoisotopic (exact) mass is 373 g/mol. The zero-order chi connectivity index (χ0) is 19.4.